The maximum atomic E-state index is 13.3. The Morgan fingerprint density at radius 2 is 1.72 bits per heavy atom. The van der Waals surface area contributed by atoms with Crippen LogP contribution in [0, 0.1) is 13.8 Å². The molecule has 0 unspecified atom stereocenters. The van der Waals surface area contributed by atoms with E-state index >= 15 is 0 Å². The lowest BCUT2D eigenvalue weighted by Crippen LogP contribution is -2.60. The van der Waals surface area contributed by atoms with Crippen molar-refractivity contribution in [3.8, 4) is 11.1 Å². The van der Waals surface area contributed by atoms with E-state index in [2.05, 4.69) is 65.6 Å². The van der Waals surface area contributed by atoms with Gasteiger partial charge >= 0.3 is 0 Å². The van der Waals surface area contributed by atoms with Crippen molar-refractivity contribution >= 4 is 17.3 Å². The second-order valence-electron chi connectivity index (χ2n) is 10.5. The Morgan fingerprint density at radius 3 is 2.33 bits per heavy atom. The minimum absolute atomic E-state index is 0.0493. The number of carbonyl (C=O) groups is 1. The molecule has 0 radical (unpaired) electrons. The van der Waals surface area contributed by atoms with Crippen molar-refractivity contribution in [3.63, 3.8) is 0 Å². The van der Waals surface area contributed by atoms with Gasteiger partial charge in [-0.3, -0.25) is 14.7 Å². The highest BCUT2D eigenvalue weighted by Crippen LogP contribution is 2.42. The van der Waals surface area contributed by atoms with Crippen molar-refractivity contribution in [1.29, 1.82) is 0 Å². The van der Waals surface area contributed by atoms with E-state index < -0.39 is 0 Å². The first kappa shape index (κ1) is 24.5. The smallest absolute Gasteiger partial charge is 0.274 e. The maximum absolute atomic E-state index is 13.3. The van der Waals surface area contributed by atoms with Crippen LogP contribution in [0.3, 0.4) is 0 Å². The third-order valence-corrected chi connectivity index (χ3v) is 7.75. The average Bonchev–Trinajstić information content (AvgIpc) is 3.70. The molecule has 1 aliphatic carbocycles. The van der Waals surface area contributed by atoms with Crippen molar-refractivity contribution in [2.24, 2.45) is 0 Å². The number of amides is 1. The van der Waals surface area contributed by atoms with Gasteiger partial charge in [-0.15, -0.1) is 0 Å². The number of anilines is 2. The molecular formula is C30H36N4O2. The summed E-state index contributed by atoms with van der Waals surface area (Å²) in [5.74, 6) is 0.373. The molecule has 1 saturated carbocycles. The van der Waals surface area contributed by atoms with Crippen LogP contribution in [0.5, 0.6) is 0 Å². The van der Waals surface area contributed by atoms with Crippen molar-refractivity contribution in [2.45, 2.75) is 51.7 Å². The molecule has 0 spiro atoms. The quantitative estimate of drug-likeness (QED) is 0.426. The predicted molar refractivity (Wildman–Crippen MR) is 146 cm³/mol. The zero-order valence-corrected chi connectivity index (χ0v) is 21.9. The second-order valence-corrected chi connectivity index (χ2v) is 10.5. The van der Waals surface area contributed by atoms with Crippen LogP contribution < -0.4 is 10.6 Å². The van der Waals surface area contributed by atoms with E-state index in [-0.39, 0.29) is 11.5 Å². The van der Waals surface area contributed by atoms with E-state index in [1.54, 1.807) is 7.11 Å². The fourth-order valence-electron chi connectivity index (χ4n) is 5.36. The molecule has 5 rings (SSSR count). The lowest BCUT2D eigenvalue weighted by atomic mass is 9.94. The molecule has 2 heterocycles. The van der Waals surface area contributed by atoms with Gasteiger partial charge in [0.25, 0.3) is 5.91 Å². The molecule has 1 aromatic heterocycles. The van der Waals surface area contributed by atoms with E-state index in [1.807, 2.05) is 31.4 Å². The molecule has 36 heavy (non-hydrogen) atoms. The van der Waals surface area contributed by atoms with Gasteiger partial charge in [-0.1, -0.05) is 24.3 Å². The van der Waals surface area contributed by atoms with Crippen LogP contribution in [-0.2, 0) is 11.3 Å². The number of aromatic nitrogens is 1. The number of carbonyl (C=O) groups excluding carboxylic acids is 1. The summed E-state index contributed by atoms with van der Waals surface area (Å²) in [6.45, 7) is 9.01. The fraction of sp³-hybridized carbons (Fsp3) is 0.400. The standard InChI is InChI=1S/C30H36N4O2/c1-19-23(8-6-10-26(19)31-4)24-9-7-11-27(20(24)2)33-29(35)28-14-25(21-12-13-21)22(15-32-28)16-34-17-30(3,18-34)36-5/h6-11,14-15,21,31H,12-13,16-18H2,1-5H3,(H,33,35). The van der Waals surface area contributed by atoms with Crippen molar-refractivity contribution < 1.29 is 9.53 Å². The number of hydrogen-bond donors (Lipinski definition) is 2. The Labute approximate surface area is 214 Å². The first-order valence-electron chi connectivity index (χ1n) is 12.8. The highest BCUT2D eigenvalue weighted by Gasteiger charge is 2.39. The van der Waals surface area contributed by atoms with Crippen LogP contribution in [0.2, 0.25) is 0 Å². The SMILES string of the molecule is CNc1cccc(-c2cccc(NC(=O)c3cc(C4CC4)c(CN4CC(C)(OC)C4)cn3)c2C)c1C. The number of nitrogens with zero attached hydrogens (tertiary/aromatic N) is 2. The molecule has 1 saturated heterocycles. The van der Waals surface area contributed by atoms with Gasteiger partial charge in [0.15, 0.2) is 0 Å². The molecule has 0 bridgehead atoms. The number of likely N-dealkylation sites (tertiary alicyclic amines) is 1. The molecule has 2 aromatic carbocycles. The van der Waals surface area contributed by atoms with Gasteiger partial charge < -0.3 is 15.4 Å². The first-order valence-corrected chi connectivity index (χ1v) is 12.8. The lowest BCUT2D eigenvalue weighted by Gasteiger charge is -2.47. The van der Waals surface area contributed by atoms with Crippen LogP contribution >= 0.6 is 0 Å². The molecule has 1 amide bonds. The maximum Gasteiger partial charge on any atom is 0.274 e. The zero-order chi connectivity index (χ0) is 25.4. The molecule has 0 atom stereocenters. The highest BCUT2D eigenvalue weighted by molar-refractivity contribution is 6.04. The third-order valence-electron chi connectivity index (χ3n) is 7.75. The largest absolute Gasteiger partial charge is 0.388 e. The Kier molecular flexibility index (Phi) is 6.58. The summed E-state index contributed by atoms with van der Waals surface area (Å²) in [7, 11) is 3.71. The number of rotatable bonds is 8. The molecule has 2 N–H and O–H groups in total. The van der Waals surface area contributed by atoms with Gasteiger partial charge in [-0.05, 0) is 91.1 Å². The van der Waals surface area contributed by atoms with Crippen LogP contribution in [-0.4, -0.2) is 48.6 Å². The molecule has 2 aliphatic rings. The minimum atomic E-state index is -0.166. The van der Waals surface area contributed by atoms with Gasteiger partial charge in [-0.2, -0.15) is 0 Å². The normalized spacial score (nSPS) is 16.9. The Morgan fingerprint density at radius 1 is 1.08 bits per heavy atom. The molecule has 1 aliphatic heterocycles. The second kappa shape index (κ2) is 9.68. The average molecular weight is 485 g/mol. The number of methoxy groups -OCH3 is 1. The van der Waals surface area contributed by atoms with Gasteiger partial charge in [0, 0.05) is 51.4 Å². The van der Waals surface area contributed by atoms with Crippen LogP contribution in [0.4, 0.5) is 11.4 Å². The van der Waals surface area contributed by atoms with E-state index in [4.69, 9.17) is 4.74 Å². The number of nitrogens with one attached hydrogen (secondary N) is 2. The van der Waals surface area contributed by atoms with E-state index in [0.29, 0.717) is 11.6 Å². The fourth-order valence-corrected chi connectivity index (χ4v) is 5.36. The summed E-state index contributed by atoms with van der Waals surface area (Å²) < 4.78 is 5.59. The summed E-state index contributed by atoms with van der Waals surface area (Å²) in [5, 5.41) is 6.38. The van der Waals surface area contributed by atoms with Gasteiger partial charge in [-0.25, -0.2) is 0 Å². The highest BCUT2D eigenvalue weighted by atomic mass is 16.5. The van der Waals surface area contributed by atoms with Crippen molar-refractivity contribution in [2.75, 3.05) is 37.9 Å². The summed E-state index contributed by atoms with van der Waals surface area (Å²) in [4.78, 5) is 20.3. The molecule has 6 nitrogen and oxygen atoms in total. The third kappa shape index (κ3) is 4.75. The predicted octanol–water partition coefficient (Wildman–Crippen LogP) is 5.76. The molecule has 6 heteroatoms. The number of pyridine rings is 1. The monoisotopic (exact) mass is 484 g/mol. The van der Waals surface area contributed by atoms with Crippen LogP contribution in [0.25, 0.3) is 11.1 Å². The Balaban J connectivity index is 1.36. The van der Waals surface area contributed by atoms with Crippen LogP contribution in [0.15, 0.2) is 48.7 Å². The summed E-state index contributed by atoms with van der Waals surface area (Å²) in [6, 6.07) is 14.3. The first-order chi connectivity index (χ1) is 17.3. The lowest BCUT2D eigenvalue weighted by molar-refractivity contribution is -0.114. The van der Waals surface area contributed by atoms with Crippen molar-refractivity contribution in [3.05, 3.63) is 76.6 Å². The number of hydrogen-bond acceptors (Lipinski definition) is 5. The molecule has 188 valence electrons. The van der Waals surface area contributed by atoms with Gasteiger partial charge in [0.05, 0.1) is 5.60 Å². The van der Waals surface area contributed by atoms with Crippen LogP contribution in [0.1, 0.15) is 58.4 Å². The molecule has 2 fully saturated rings. The molecular weight excluding hydrogens is 448 g/mol. The molecule has 3 aromatic rings. The number of benzene rings is 2. The number of ether oxygens (including phenoxy) is 1. The van der Waals surface area contributed by atoms with Gasteiger partial charge in [0.1, 0.15) is 5.69 Å². The summed E-state index contributed by atoms with van der Waals surface area (Å²) >= 11 is 0. The summed E-state index contributed by atoms with van der Waals surface area (Å²) in [6.07, 6.45) is 4.26. The zero-order valence-electron chi connectivity index (χ0n) is 21.9. The van der Waals surface area contributed by atoms with E-state index in [1.165, 1.54) is 29.5 Å². The Bertz CT molecular complexity index is 1290. The Hall–Kier alpha value is -3.22. The van der Waals surface area contributed by atoms with Crippen molar-refractivity contribution in [1.82, 2.24) is 9.88 Å². The van der Waals surface area contributed by atoms with Gasteiger partial charge in [0.2, 0.25) is 0 Å². The topological polar surface area (TPSA) is 66.5 Å². The van der Waals surface area contributed by atoms with E-state index in [9.17, 15) is 4.79 Å². The minimum Gasteiger partial charge on any atom is -0.388 e. The van der Waals surface area contributed by atoms with E-state index in [0.717, 1.165) is 47.7 Å². The summed E-state index contributed by atoms with van der Waals surface area (Å²) in [5.41, 5.74) is 9.33.